The van der Waals surface area contributed by atoms with E-state index in [2.05, 4.69) is 26.6 Å². The molecule has 6 aliphatic heterocycles. The van der Waals surface area contributed by atoms with Gasteiger partial charge in [-0.25, -0.2) is 14.4 Å². The topological polar surface area (TPSA) is 288 Å². The quantitative estimate of drug-likeness (QED) is 0.0697. The predicted octanol–water partition coefficient (Wildman–Crippen LogP) is 13.1. The van der Waals surface area contributed by atoms with Gasteiger partial charge in [0.2, 0.25) is 0 Å². The zero-order chi connectivity index (χ0) is 69.8. The van der Waals surface area contributed by atoms with Gasteiger partial charge in [-0.15, -0.1) is 23.2 Å². The molecule has 8 N–H and O–H groups in total. The van der Waals surface area contributed by atoms with Crippen molar-refractivity contribution in [2.75, 3.05) is 80.2 Å². The van der Waals surface area contributed by atoms with Gasteiger partial charge in [0.1, 0.15) is 11.2 Å². The second-order valence-electron chi connectivity index (χ2n) is 24.4. The van der Waals surface area contributed by atoms with Gasteiger partial charge >= 0.3 is 30.2 Å². The summed E-state index contributed by atoms with van der Waals surface area (Å²) in [5, 5.41) is 23.2. The fraction of sp³-hybridized carbons (Fsp3) is 0.338. The van der Waals surface area contributed by atoms with Crippen LogP contribution in [0, 0.1) is 17.8 Å². The number of benzene rings is 6. The number of hydrogen-bond acceptors (Lipinski definition) is 15. The predicted molar refractivity (Wildman–Crippen MR) is 368 cm³/mol. The number of likely N-dealkylation sites (tertiary alicyclic amines) is 3. The first-order valence-corrected chi connectivity index (χ1v) is 33.5. The smallest absolute Gasteiger partial charge is 0.471 e. The molecule has 0 spiro atoms. The Bertz CT molecular complexity index is 3930. The number of carbonyl (C=O) groups is 9. The minimum Gasteiger partial charge on any atom is -0.478 e. The van der Waals surface area contributed by atoms with Crippen molar-refractivity contribution in [3.8, 4) is 0 Å². The molecule has 29 heteroatoms. The summed E-state index contributed by atoms with van der Waals surface area (Å²) in [6, 6.07) is 36.9. The van der Waals surface area contributed by atoms with E-state index < -0.39 is 35.2 Å². The number of nitrogens with one attached hydrogen (secondary N) is 5. The van der Waals surface area contributed by atoms with Crippen molar-refractivity contribution in [1.82, 2.24) is 25.3 Å². The van der Waals surface area contributed by atoms with Crippen molar-refractivity contribution in [3.63, 3.8) is 0 Å². The largest absolute Gasteiger partial charge is 0.478 e. The number of alkyl halides is 5. The number of nitrogens with zero attached hydrogens (tertiary/aromatic N) is 3. The number of carboxylic acids is 1. The molecular weight excluding hydrogens is 1360 g/mol. The standard InChI is InChI=1S/C23H25N3O4S.C20H16F3N3O3S.C14H9NO3S.C9H18N2O2.CH2Cl2.CH4/c1-23(2,3)30-22(29)26-12-14(13-26)11-24-20(27)15-8-9-19-17(10-15)25-21(28)16-6-4-5-7-18(16)31-19;21-20(22,23)19(29)26-9-11(10-26)8-24-17(27)12-5-6-16-14(7-12)25-18(28)13-3-1-2-4-15(13)30-16;16-13-9-3-1-2-4-11(9)19-12-6-5-8(14(17)18)7-10(12)15-13;1-9(2,3)13-8(12)11-5-7(4-10)6-11;2-1-3;/h4-10,14H,11-13H2,1-3H3,(H,24,27)(H,25,28);1-7,11H,8-10H2,(H,24,27)(H,25,28);1-7H,(H,15,16)(H,17,18);7H,4-6,10H2,1-3H3;1H2;1H4. The van der Waals surface area contributed by atoms with Crippen molar-refractivity contribution < 1.29 is 70.9 Å². The lowest BCUT2D eigenvalue weighted by Crippen LogP contribution is -2.57. The molecule has 0 atom stereocenters. The highest BCUT2D eigenvalue weighted by Gasteiger charge is 2.46. The van der Waals surface area contributed by atoms with Gasteiger partial charge in [0.15, 0.2) is 0 Å². The second-order valence-corrected chi connectivity index (χ2v) is 28.5. The number of anilines is 3. The van der Waals surface area contributed by atoms with Crippen molar-refractivity contribution in [1.29, 1.82) is 0 Å². The summed E-state index contributed by atoms with van der Waals surface area (Å²) in [6.07, 6.45) is -5.43. The van der Waals surface area contributed by atoms with Crippen LogP contribution >= 0.6 is 58.5 Å². The van der Waals surface area contributed by atoms with Crippen LogP contribution in [0.3, 0.4) is 0 Å². The number of ether oxygens (including phenoxy) is 2. The van der Waals surface area contributed by atoms with E-state index in [1.54, 1.807) is 76.5 Å². The van der Waals surface area contributed by atoms with Crippen LogP contribution in [0.15, 0.2) is 157 Å². The van der Waals surface area contributed by atoms with E-state index in [1.165, 1.54) is 47.4 Å². The van der Waals surface area contributed by atoms with Crippen LogP contribution < -0.4 is 32.3 Å². The van der Waals surface area contributed by atoms with Gasteiger partial charge < -0.3 is 61.6 Å². The molecule has 0 bridgehead atoms. The van der Waals surface area contributed by atoms with Crippen LogP contribution in [0.1, 0.15) is 111 Å². The van der Waals surface area contributed by atoms with Crippen molar-refractivity contribution in [3.05, 3.63) is 161 Å². The SMILES string of the molecule is C.CC(C)(C)OC(=O)N1CC(CN)C1.CC(C)(C)OC(=O)N1CC(CNC(=O)c2ccc3c(c2)NC(=O)c2ccccc2S3)C1.ClCCl.O=C(NCC1CN(C(=O)C(F)(F)F)C1)c1ccc2c(c1)NC(=O)c1ccccc1S2.O=C(O)c1ccc2c(c1)NC(=O)c1ccccc1S2. The number of aromatic carboxylic acids is 1. The number of halogens is 5. The van der Waals surface area contributed by atoms with E-state index in [1.807, 2.05) is 90.1 Å². The minimum atomic E-state index is -4.88. The number of fused-ring (bicyclic) bond motifs is 6. The lowest BCUT2D eigenvalue weighted by Gasteiger charge is -2.39. The highest BCUT2D eigenvalue weighted by atomic mass is 35.5. The molecule has 97 heavy (non-hydrogen) atoms. The Labute approximate surface area is 582 Å². The molecule has 6 aliphatic rings. The highest BCUT2D eigenvalue weighted by Crippen LogP contribution is 2.42. The number of carbonyl (C=O) groups excluding carboxylic acids is 8. The first-order valence-electron chi connectivity index (χ1n) is 30.0. The fourth-order valence-electron chi connectivity index (χ4n) is 9.81. The third-order valence-corrected chi connectivity index (χ3v) is 18.1. The highest BCUT2D eigenvalue weighted by molar-refractivity contribution is 8.00. The van der Waals surface area contributed by atoms with E-state index in [0.717, 1.165) is 42.5 Å². The molecule has 0 radical (unpaired) electrons. The first-order chi connectivity index (χ1) is 45.4. The molecule has 12 rings (SSSR count). The molecule has 3 saturated heterocycles. The van der Waals surface area contributed by atoms with E-state index in [9.17, 15) is 56.3 Å². The van der Waals surface area contributed by atoms with Gasteiger partial charge in [-0.05, 0) is 139 Å². The van der Waals surface area contributed by atoms with Crippen LogP contribution in [-0.2, 0) is 14.3 Å². The molecule has 0 saturated carbocycles. The summed E-state index contributed by atoms with van der Waals surface area (Å²) >= 11 is 13.9. The Hall–Kier alpha value is -8.47. The zero-order valence-corrected chi connectivity index (χ0v) is 56.9. The van der Waals surface area contributed by atoms with Gasteiger partial charge in [0, 0.05) is 111 Å². The lowest BCUT2D eigenvalue weighted by atomic mass is 10.00. The third-order valence-electron chi connectivity index (χ3n) is 14.6. The maximum atomic E-state index is 12.6. The number of amides is 8. The van der Waals surface area contributed by atoms with E-state index in [0.29, 0.717) is 81.9 Å². The molecule has 21 nitrogen and oxygen atoms in total. The normalized spacial score (nSPS) is 15.1. The number of nitrogens with two attached hydrogens (primary N) is 1. The van der Waals surface area contributed by atoms with Gasteiger partial charge in [0.05, 0.1) is 44.7 Å². The Morgan fingerprint density at radius 1 is 0.515 bits per heavy atom. The Morgan fingerprint density at radius 3 is 1.14 bits per heavy atom. The minimum absolute atomic E-state index is 0. The van der Waals surface area contributed by atoms with Crippen molar-refractivity contribution in [2.45, 2.75) is 95.7 Å². The lowest BCUT2D eigenvalue weighted by molar-refractivity contribution is -0.191. The molecule has 0 aromatic heterocycles. The summed E-state index contributed by atoms with van der Waals surface area (Å²) in [5.41, 5.74) is 8.93. The van der Waals surface area contributed by atoms with E-state index >= 15 is 0 Å². The van der Waals surface area contributed by atoms with Crippen LogP contribution in [0.25, 0.3) is 0 Å². The average Bonchev–Trinajstić information content (AvgIpc) is 1.74. The van der Waals surface area contributed by atoms with Crippen molar-refractivity contribution >= 4 is 129 Å². The molecule has 3 fully saturated rings. The maximum absolute atomic E-state index is 12.6. The number of carboxylic acid groups (broad SMARTS) is 1. The molecular formula is C68H74Cl2F3N9O12S3. The van der Waals surface area contributed by atoms with Crippen LogP contribution in [0.2, 0.25) is 0 Å². The summed E-state index contributed by atoms with van der Waals surface area (Å²) in [4.78, 5) is 117. The number of hydrogen-bond donors (Lipinski definition) is 7. The molecule has 6 heterocycles. The third kappa shape index (κ3) is 20.8. The van der Waals surface area contributed by atoms with Crippen LogP contribution in [-0.4, -0.2) is 155 Å². The summed E-state index contributed by atoms with van der Waals surface area (Å²) in [7, 11) is 0. The van der Waals surface area contributed by atoms with E-state index in [-0.39, 0.29) is 85.6 Å². The molecule has 6 aromatic carbocycles. The van der Waals surface area contributed by atoms with Gasteiger partial charge in [-0.1, -0.05) is 79.1 Å². The summed E-state index contributed by atoms with van der Waals surface area (Å²) in [6.45, 7) is 14.9. The second kappa shape index (κ2) is 33.2. The molecule has 0 unspecified atom stereocenters. The van der Waals surface area contributed by atoms with Gasteiger partial charge in [-0.3, -0.25) is 28.8 Å². The van der Waals surface area contributed by atoms with Crippen LogP contribution in [0.5, 0.6) is 0 Å². The van der Waals surface area contributed by atoms with Gasteiger partial charge in [0.25, 0.3) is 29.5 Å². The summed E-state index contributed by atoms with van der Waals surface area (Å²) < 4.78 is 47.6. The summed E-state index contributed by atoms with van der Waals surface area (Å²) in [5.74, 6) is -3.72. The molecule has 516 valence electrons. The Balaban J connectivity index is 0.000000187. The molecule has 8 amide bonds. The molecule has 0 aliphatic carbocycles. The Kier molecular flexibility index (Phi) is 26.0. The van der Waals surface area contributed by atoms with Crippen LogP contribution in [0.4, 0.5) is 39.8 Å². The first kappa shape index (κ1) is 75.9. The fourth-order valence-corrected chi connectivity index (χ4v) is 12.8. The molecule has 6 aromatic rings. The van der Waals surface area contributed by atoms with E-state index in [4.69, 9.17) is 43.5 Å². The number of rotatable bonds is 8. The van der Waals surface area contributed by atoms with Crippen molar-refractivity contribution in [2.24, 2.45) is 23.5 Å². The Morgan fingerprint density at radius 2 is 0.825 bits per heavy atom. The maximum Gasteiger partial charge on any atom is 0.471 e. The average molecular weight is 1430 g/mol. The zero-order valence-electron chi connectivity index (χ0n) is 52.9. The monoisotopic (exact) mass is 1430 g/mol. The van der Waals surface area contributed by atoms with Gasteiger partial charge in [-0.2, -0.15) is 13.2 Å².